The Balaban J connectivity index is 1.47. The topological polar surface area (TPSA) is 114 Å². The first-order chi connectivity index (χ1) is 17.8. The number of amides is 3. The quantitative estimate of drug-likeness (QED) is 0.467. The van der Waals surface area contributed by atoms with Gasteiger partial charge in [-0.1, -0.05) is 48.5 Å². The number of anilines is 1. The lowest BCUT2D eigenvalue weighted by molar-refractivity contribution is -0.119. The Bertz CT molecular complexity index is 1380. The van der Waals surface area contributed by atoms with E-state index in [-0.39, 0.29) is 29.7 Å². The summed E-state index contributed by atoms with van der Waals surface area (Å²) in [6, 6.07) is 20.2. The first kappa shape index (κ1) is 26.0. The van der Waals surface area contributed by atoms with Crippen molar-refractivity contribution in [3.8, 4) is 11.5 Å². The average Bonchev–Trinajstić information content (AvgIpc) is 2.90. The SMILES string of the molecule is COc1ccc2c(c1)OCCN2C(=O)CC(CNC(=O)NS(=O)(=O)c1ccccc1C)c1ccccc1. The third-order valence-corrected chi connectivity index (χ3v) is 7.63. The van der Waals surface area contributed by atoms with Crippen molar-refractivity contribution >= 4 is 27.6 Å². The predicted molar refractivity (Wildman–Crippen MR) is 140 cm³/mol. The molecule has 0 fully saturated rings. The fourth-order valence-electron chi connectivity index (χ4n) is 4.23. The summed E-state index contributed by atoms with van der Waals surface area (Å²) in [5, 5.41) is 2.63. The molecule has 0 saturated carbocycles. The van der Waals surface area contributed by atoms with Crippen molar-refractivity contribution in [2.24, 2.45) is 0 Å². The minimum absolute atomic E-state index is 0.0301. The van der Waals surface area contributed by atoms with E-state index in [1.54, 1.807) is 55.3 Å². The van der Waals surface area contributed by atoms with Gasteiger partial charge in [0.15, 0.2) is 0 Å². The van der Waals surface area contributed by atoms with Crippen molar-refractivity contribution in [3.63, 3.8) is 0 Å². The number of carbonyl (C=O) groups excluding carboxylic acids is 2. The normalized spacial score (nSPS) is 13.6. The van der Waals surface area contributed by atoms with Crippen molar-refractivity contribution in [2.45, 2.75) is 24.2 Å². The van der Waals surface area contributed by atoms with Gasteiger partial charge in [0.2, 0.25) is 5.91 Å². The number of aryl methyl sites for hydroxylation is 1. The molecule has 1 heterocycles. The number of rotatable bonds is 8. The molecule has 10 heteroatoms. The van der Waals surface area contributed by atoms with Crippen LogP contribution in [0.25, 0.3) is 0 Å². The summed E-state index contributed by atoms with van der Waals surface area (Å²) in [5.41, 5.74) is 2.03. The van der Waals surface area contributed by atoms with Crippen molar-refractivity contribution in [3.05, 3.63) is 83.9 Å². The molecule has 1 atom stereocenters. The fourth-order valence-corrected chi connectivity index (χ4v) is 5.40. The van der Waals surface area contributed by atoms with E-state index in [1.807, 2.05) is 30.3 Å². The highest BCUT2D eigenvalue weighted by molar-refractivity contribution is 7.90. The maximum Gasteiger partial charge on any atom is 0.328 e. The molecule has 0 aromatic heterocycles. The summed E-state index contributed by atoms with van der Waals surface area (Å²) in [6.07, 6.45) is 0.0975. The number of urea groups is 1. The number of hydrogen-bond donors (Lipinski definition) is 2. The van der Waals surface area contributed by atoms with Crippen LogP contribution in [0, 0.1) is 6.92 Å². The lowest BCUT2D eigenvalue weighted by Gasteiger charge is -2.31. The van der Waals surface area contributed by atoms with Crippen LogP contribution in [0.5, 0.6) is 11.5 Å². The Morgan fingerprint density at radius 1 is 1.05 bits per heavy atom. The number of nitrogens with zero attached hydrogens (tertiary/aromatic N) is 1. The molecule has 37 heavy (non-hydrogen) atoms. The average molecular weight is 524 g/mol. The minimum Gasteiger partial charge on any atom is -0.497 e. The number of benzene rings is 3. The summed E-state index contributed by atoms with van der Waals surface area (Å²) < 4.78 is 38.4. The molecule has 2 N–H and O–H groups in total. The van der Waals surface area contributed by atoms with Crippen LogP contribution in [-0.2, 0) is 14.8 Å². The van der Waals surface area contributed by atoms with Crippen LogP contribution >= 0.6 is 0 Å². The van der Waals surface area contributed by atoms with Crippen LogP contribution < -0.4 is 24.4 Å². The van der Waals surface area contributed by atoms with Crippen LogP contribution in [-0.4, -0.2) is 47.2 Å². The van der Waals surface area contributed by atoms with Gasteiger partial charge in [0, 0.05) is 24.9 Å². The van der Waals surface area contributed by atoms with Gasteiger partial charge in [-0.15, -0.1) is 0 Å². The molecule has 1 aliphatic rings. The zero-order chi connectivity index (χ0) is 26.4. The lowest BCUT2D eigenvalue weighted by Crippen LogP contribution is -2.42. The Morgan fingerprint density at radius 2 is 1.78 bits per heavy atom. The second kappa shape index (κ2) is 11.3. The van der Waals surface area contributed by atoms with E-state index < -0.39 is 16.1 Å². The molecule has 0 radical (unpaired) electrons. The highest BCUT2D eigenvalue weighted by Crippen LogP contribution is 2.36. The Labute approximate surface area is 216 Å². The molecule has 3 aromatic carbocycles. The number of sulfonamides is 1. The first-order valence-electron chi connectivity index (χ1n) is 11.8. The Hall–Kier alpha value is -4.05. The van der Waals surface area contributed by atoms with Crippen molar-refractivity contribution in [2.75, 3.05) is 31.7 Å². The van der Waals surface area contributed by atoms with Gasteiger partial charge in [0.25, 0.3) is 10.0 Å². The number of fused-ring (bicyclic) bond motifs is 1. The van der Waals surface area contributed by atoms with Crippen LogP contribution in [0.4, 0.5) is 10.5 Å². The standard InChI is InChI=1S/C27H29N3O6S/c1-19-8-6-7-11-25(19)37(33,34)29-27(32)28-18-21(20-9-4-3-5-10-20)16-26(31)30-14-15-36-24-17-22(35-2)12-13-23(24)30/h3-13,17,21H,14-16,18H2,1-2H3,(H2,28,29,32). The Kier molecular flexibility index (Phi) is 7.98. The molecule has 4 rings (SSSR count). The highest BCUT2D eigenvalue weighted by atomic mass is 32.2. The van der Waals surface area contributed by atoms with Crippen LogP contribution in [0.2, 0.25) is 0 Å². The van der Waals surface area contributed by atoms with E-state index in [2.05, 4.69) is 10.0 Å². The van der Waals surface area contributed by atoms with Crippen molar-refractivity contribution in [1.29, 1.82) is 0 Å². The van der Waals surface area contributed by atoms with Gasteiger partial charge < -0.3 is 19.7 Å². The molecular formula is C27H29N3O6S. The van der Waals surface area contributed by atoms with E-state index in [4.69, 9.17) is 9.47 Å². The molecule has 0 aliphatic carbocycles. The summed E-state index contributed by atoms with van der Waals surface area (Å²) in [7, 11) is -2.48. The van der Waals surface area contributed by atoms with Crippen molar-refractivity contribution in [1.82, 2.24) is 10.0 Å². The zero-order valence-corrected chi connectivity index (χ0v) is 21.5. The highest BCUT2D eigenvalue weighted by Gasteiger charge is 2.28. The summed E-state index contributed by atoms with van der Waals surface area (Å²) >= 11 is 0. The minimum atomic E-state index is -4.04. The summed E-state index contributed by atoms with van der Waals surface area (Å²) in [4.78, 5) is 27.7. The van der Waals surface area contributed by atoms with E-state index in [0.29, 0.717) is 35.9 Å². The van der Waals surface area contributed by atoms with E-state index in [0.717, 1.165) is 5.56 Å². The van der Waals surface area contributed by atoms with E-state index >= 15 is 0 Å². The molecule has 1 unspecified atom stereocenters. The van der Waals surface area contributed by atoms with E-state index in [9.17, 15) is 18.0 Å². The molecule has 3 aromatic rings. The molecule has 194 valence electrons. The number of methoxy groups -OCH3 is 1. The molecule has 0 bridgehead atoms. The Morgan fingerprint density at radius 3 is 2.51 bits per heavy atom. The maximum atomic E-state index is 13.4. The van der Waals surface area contributed by atoms with Crippen molar-refractivity contribution < 1.29 is 27.5 Å². The summed E-state index contributed by atoms with van der Waals surface area (Å²) in [6.45, 7) is 2.45. The van der Waals surface area contributed by atoms with Crippen LogP contribution in [0.15, 0.2) is 77.7 Å². The zero-order valence-electron chi connectivity index (χ0n) is 20.6. The molecule has 9 nitrogen and oxygen atoms in total. The summed E-state index contributed by atoms with van der Waals surface area (Å²) in [5.74, 6) is 0.670. The van der Waals surface area contributed by atoms with Gasteiger partial charge in [0.1, 0.15) is 18.1 Å². The van der Waals surface area contributed by atoms with Crippen LogP contribution in [0.3, 0.4) is 0 Å². The van der Waals surface area contributed by atoms with Gasteiger partial charge in [0.05, 0.1) is 24.2 Å². The van der Waals surface area contributed by atoms with Gasteiger partial charge in [-0.05, 0) is 36.2 Å². The molecule has 0 spiro atoms. The lowest BCUT2D eigenvalue weighted by atomic mass is 9.94. The third-order valence-electron chi connectivity index (χ3n) is 6.14. The largest absolute Gasteiger partial charge is 0.497 e. The first-order valence-corrected chi connectivity index (χ1v) is 13.3. The third kappa shape index (κ3) is 6.21. The second-order valence-corrected chi connectivity index (χ2v) is 10.3. The molecule has 3 amide bonds. The predicted octanol–water partition coefficient (Wildman–Crippen LogP) is 3.59. The molecule has 1 aliphatic heterocycles. The number of nitrogens with one attached hydrogen (secondary N) is 2. The van der Waals surface area contributed by atoms with Gasteiger partial charge in [-0.3, -0.25) is 4.79 Å². The molecule has 0 saturated heterocycles. The number of ether oxygens (including phenoxy) is 2. The maximum absolute atomic E-state index is 13.4. The number of hydrogen-bond acceptors (Lipinski definition) is 6. The van der Waals surface area contributed by atoms with Gasteiger partial charge in [-0.2, -0.15) is 0 Å². The van der Waals surface area contributed by atoms with Gasteiger partial charge in [-0.25, -0.2) is 17.9 Å². The fraction of sp³-hybridized carbons (Fsp3) is 0.259. The smallest absolute Gasteiger partial charge is 0.328 e. The second-order valence-electron chi connectivity index (χ2n) is 8.62. The molecular weight excluding hydrogens is 494 g/mol. The van der Waals surface area contributed by atoms with Gasteiger partial charge >= 0.3 is 6.03 Å². The van der Waals surface area contributed by atoms with E-state index in [1.165, 1.54) is 6.07 Å². The van der Waals surface area contributed by atoms with Crippen LogP contribution in [0.1, 0.15) is 23.5 Å². The number of carbonyl (C=O) groups is 2. The monoisotopic (exact) mass is 523 g/mol.